The smallest absolute Gasteiger partial charge is 0.328 e. The van der Waals surface area contributed by atoms with Gasteiger partial charge in [-0.3, -0.25) is 9.69 Å². The summed E-state index contributed by atoms with van der Waals surface area (Å²) in [4.78, 5) is 38.3. The van der Waals surface area contributed by atoms with Crippen LogP contribution in [0.1, 0.15) is 41.8 Å². The first kappa shape index (κ1) is 30.1. The van der Waals surface area contributed by atoms with E-state index >= 15 is 8.78 Å². The third-order valence-corrected chi connectivity index (χ3v) is 7.16. The predicted molar refractivity (Wildman–Crippen MR) is 157 cm³/mol. The van der Waals surface area contributed by atoms with Crippen molar-refractivity contribution in [3.05, 3.63) is 76.1 Å². The van der Waals surface area contributed by atoms with Crippen LogP contribution in [0.15, 0.2) is 52.8 Å². The molecule has 4 rings (SSSR count). The van der Waals surface area contributed by atoms with Crippen LogP contribution in [-0.4, -0.2) is 92.5 Å². The van der Waals surface area contributed by atoms with Crippen LogP contribution in [0.2, 0.25) is 0 Å². The van der Waals surface area contributed by atoms with E-state index in [4.69, 9.17) is 4.99 Å². The van der Waals surface area contributed by atoms with Crippen LogP contribution in [-0.2, 0) is 0 Å². The molecule has 2 aromatic rings. The molecule has 1 unspecified atom stereocenters. The van der Waals surface area contributed by atoms with Crippen molar-refractivity contribution in [2.24, 2.45) is 4.99 Å². The number of carbonyl (C=O) groups is 2. The van der Waals surface area contributed by atoms with Crippen LogP contribution < -0.4 is 15.5 Å². The molecule has 0 aliphatic carbocycles. The van der Waals surface area contributed by atoms with Gasteiger partial charge in [-0.1, -0.05) is 12.1 Å². The van der Waals surface area contributed by atoms with Crippen LogP contribution in [0.25, 0.3) is 0 Å². The van der Waals surface area contributed by atoms with E-state index in [9.17, 15) is 9.59 Å². The highest BCUT2D eigenvalue weighted by Gasteiger charge is 2.41. The standard InChI is InChI=1S/C30H39F2N7O2/c1-18(2)34-27(40)20-13-12-19(3)21(16-20)25-22-17-33-30(41)39(26-23(31)10-8-11-24(26)32)28(22)38(7)29(35-25)37(6)15-9-14-36(4)5/h8,10-13,16,18,29H,9,14-15,17H2,1-7H3,(H,33,41)(H,34,40). The molecule has 2 N–H and O–H groups in total. The molecule has 0 saturated heterocycles. The van der Waals surface area contributed by atoms with E-state index in [0.717, 1.165) is 35.6 Å². The van der Waals surface area contributed by atoms with Crippen molar-refractivity contribution in [1.82, 2.24) is 25.3 Å². The SMILES string of the molecule is Cc1ccc(C(=O)NC(C)C)cc1C1=NC(N(C)CCCN(C)C)N(C)C2=C1CNC(=O)N2c1c(F)cccc1F. The Morgan fingerprint density at radius 1 is 1.15 bits per heavy atom. The molecule has 2 aliphatic rings. The van der Waals surface area contributed by atoms with Crippen molar-refractivity contribution >= 4 is 23.3 Å². The van der Waals surface area contributed by atoms with Gasteiger partial charge in [-0.2, -0.15) is 0 Å². The van der Waals surface area contributed by atoms with Gasteiger partial charge in [-0.05, 0) is 84.7 Å². The number of rotatable bonds is 9. The molecular weight excluding hydrogens is 528 g/mol. The fraction of sp³-hybridized carbons (Fsp3) is 0.433. The zero-order valence-electron chi connectivity index (χ0n) is 24.8. The second kappa shape index (κ2) is 12.4. The Hall–Kier alpha value is -3.83. The van der Waals surface area contributed by atoms with E-state index in [2.05, 4.69) is 15.5 Å². The Morgan fingerprint density at radius 3 is 2.46 bits per heavy atom. The first-order valence-electron chi connectivity index (χ1n) is 13.7. The molecule has 2 aliphatic heterocycles. The number of urea groups is 1. The Labute approximate surface area is 240 Å². The third-order valence-electron chi connectivity index (χ3n) is 7.16. The summed E-state index contributed by atoms with van der Waals surface area (Å²) in [7, 11) is 7.71. The van der Waals surface area contributed by atoms with Crippen LogP contribution in [0, 0.1) is 18.6 Å². The molecule has 41 heavy (non-hydrogen) atoms. The molecule has 0 bridgehead atoms. The number of aliphatic imine (C=N–C) groups is 1. The van der Waals surface area contributed by atoms with Gasteiger partial charge in [0.2, 0.25) is 0 Å². The second-order valence-electron chi connectivity index (χ2n) is 11.1. The van der Waals surface area contributed by atoms with E-state index in [1.807, 2.05) is 52.9 Å². The molecule has 0 aromatic heterocycles. The van der Waals surface area contributed by atoms with Crippen LogP contribution in [0.5, 0.6) is 0 Å². The lowest BCUT2D eigenvalue weighted by Crippen LogP contribution is -2.57. The minimum atomic E-state index is -0.856. The molecular formula is C30H39F2N7O2. The molecule has 0 spiro atoms. The molecule has 220 valence electrons. The van der Waals surface area contributed by atoms with Gasteiger partial charge < -0.3 is 20.4 Å². The number of anilines is 1. The van der Waals surface area contributed by atoms with E-state index < -0.39 is 29.6 Å². The Bertz CT molecular complexity index is 1370. The van der Waals surface area contributed by atoms with Gasteiger partial charge in [0, 0.05) is 36.3 Å². The third kappa shape index (κ3) is 6.25. The molecule has 3 amide bonds. The molecule has 1 atom stereocenters. The Kier molecular flexibility index (Phi) is 9.08. The number of carbonyl (C=O) groups excluding carboxylic acids is 2. The number of nitrogens with zero attached hydrogens (tertiary/aromatic N) is 5. The predicted octanol–water partition coefficient (Wildman–Crippen LogP) is 3.75. The van der Waals surface area contributed by atoms with Crippen molar-refractivity contribution in [2.75, 3.05) is 52.7 Å². The number of benzene rings is 2. The van der Waals surface area contributed by atoms with E-state index in [1.165, 1.54) is 6.07 Å². The second-order valence-corrected chi connectivity index (χ2v) is 11.1. The van der Waals surface area contributed by atoms with Crippen LogP contribution in [0.3, 0.4) is 0 Å². The Balaban J connectivity index is 1.90. The van der Waals surface area contributed by atoms with Crippen molar-refractivity contribution in [1.29, 1.82) is 0 Å². The van der Waals surface area contributed by atoms with E-state index in [1.54, 1.807) is 24.1 Å². The van der Waals surface area contributed by atoms with Crippen molar-refractivity contribution in [2.45, 2.75) is 39.5 Å². The van der Waals surface area contributed by atoms with Gasteiger partial charge in [0.15, 0.2) is 6.29 Å². The Morgan fingerprint density at radius 2 is 1.83 bits per heavy atom. The van der Waals surface area contributed by atoms with Gasteiger partial charge in [-0.25, -0.2) is 23.5 Å². The summed E-state index contributed by atoms with van der Waals surface area (Å²) < 4.78 is 30.3. The fourth-order valence-corrected chi connectivity index (χ4v) is 5.15. The normalized spacial score (nSPS) is 17.3. The van der Waals surface area contributed by atoms with E-state index in [-0.39, 0.29) is 18.5 Å². The monoisotopic (exact) mass is 567 g/mol. The van der Waals surface area contributed by atoms with Gasteiger partial charge in [0.1, 0.15) is 23.1 Å². The summed E-state index contributed by atoms with van der Waals surface area (Å²) in [6.45, 7) is 7.36. The van der Waals surface area contributed by atoms with Crippen molar-refractivity contribution < 1.29 is 18.4 Å². The number of amides is 3. The topological polar surface area (TPSA) is 83.5 Å². The highest BCUT2D eigenvalue weighted by molar-refractivity contribution is 6.17. The summed E-state index contributed by atoms with van der Waals surface area (Å²) in [5.74, 6) is -1.59. The lowest BCUT2D eigenvalue weighted by molar-refractivity contribution is 0.0943. The lowest BCUT2D eigenvalue weighted by Gasteiger charge is -2.45. The zero-order valence-corrected chi connectivity index (χ0v) is 24.8. The van der Waals surface area contributed by atoms with Crippen molar-refractivity contribution in [3.63, 3.8) is 0 Å². The number of hydrogen-bond donors (Lipinski definition) is 2. The number of hydrogen-bond acceptors (Lipinski definition) is 6. The average molecular weight is 568 g/mol. The average Bonchev–Trinajstić information content (AvgIpc) is 2.89. The molecule has 9 nitrogen and oxygen atoms in total. The highest BCUT2D eigenvalue weighted by Crippen LogP contribution is 2.36. The first-order valence-corrected chi connectivity index (χ1v) is 13.7. The molecule has 0 fully saturated rings. The summed E-state index contributed by atoms with van der Waals surface area (Å²) in [5, 5.41) is 5.69. The van der Waals surface area contributed by atoms with Crippen LogP contribution in [0.4, 0.5) is 19.3 Å². The maximum atomic E-state index is 15.1. The maximum Gasteiger partial charge on any atom is 0.328 e. The van der Waals surface area contributed by atoms with Crippen LogP contribution >= 0.6 is 0 Å². The molecule has 2 aromatic carbocycles. The zero-order chi connectivity index (χ0) is 30.0. The summed E-state index contributed by atoms with van der Waals surface area (Å²) >= 11 is 0. The number of aryl methyl sites for hydroxylation is 1. The summed E-state index contributed by atoms with van der Waals surface area (Å²) in [5.41, 5.74) is 2.74. The van der Waals surface area contributed by atoms with Gasteiger partial charge in [0.25, 0.3) is 5.91 Å². The quantitative estimate of drug-likeness (QED) is 0.482. The molecule has 0 radical (unpaired) electrons. The van der Waals surface area contributed by atoms with E-state index in [0.29, 0.717) is 34.8 Å². The molecule has 2 heterocycles. The maximum absolute atomic E-state index is 15.1. The minimum absolute atomic E-state index is 0.0415. The highest BCUT2D eigenvalue weighted by atomic mass is 19.1. The van der Waals surface area contributed by atoms with Gasteiger partial charge in [0.05, 0.1) is 12.3 Å². The number of nitrogens with one attached hydrogen (secondary N) is 2. The fourth-order valence-electron chi connectivity index (χ4n) is 5.15. The first-order chi connectivity index (χ1) is 19.4. The van der Waals surface area contributed by atoms with Crippen molar-refractivity contribution in [3.8, 4) is 0 Å². The van der Waals surface area contributed by atoms with Gasteiger partial charge in [-0.15, -0.1) is 0 Å². The largest absolute Gasteiger partial charge is 0.350 e. The molecule has 0 saturated carbocycles. The molecule has 11 heteroatoms. The van der Waals surface area contributed by atoms with Gasteiger partial charge >= 0.3 is 6.03 Å². The summed E-state index contributed by atoms with van der Waals surface area (Å²) in [6.07, 6.45) is 0.280. The number of para-hydroxylation sites is 1. The summed E-state index contributed by atoms with van der Waals surface area (Å²) in [6, 6.07) is 8.25. The number of halogens is 2. The minimum Gasteiger partial charge on any atom is -0.350 e. The lowest BCUT2D eigenvalue weighted by atomic mass is 9.93.